The van der Waals surface area contributed by atoms with E-state index in [0.29, 0.717) is 0 Å². The fourth-order valence-electron chi connectivity index (χ4n) is 2.26. The molecule has 0 fully saturated rings. The summed E-state index contributed by atoms with van der Waals surface area (Å²) >= 11 is 0. The molecule has 0 saturated carbocycles. The van der Waals surface area contributed by atoms with Crippen LogP contribution in [0.5, 0.6) is 0 Å². The van der Waals surface area contributed by atoms with Crippen LogP contribution in [0.15, 0.2) is 30.5 Å². The maximum atomic E-state index is 4.48. The van der Waals surface area contributed by atoms with Gasteiger partial charge in [0, 0.05) is 24.2 Å². The van der Waals surface area contributed by atoms with Gasteiger partial charge in [-0.05, 0) is 25.5 Å². The maximum absolute atomic E-state index is 4.48. The molecule has 3 rings (SSSR count). The van der Waals surface area contributed by atoms with Gasteiger partial charge in [0.25, 0.3) is 0 Å². The number of fused-ring (bicyclic) bond motifs is 1. The SMILES string of the molecule is Cc1nc(-c2ccc(C)c3ncccc23)n(C)n1. The highest BCUT2D eigenvalue weighted by atomic mass is 15.3. The smallest absolute Gasteiger partial charge is 0.158 e. The lowest BCUT2D eigenvalue weighted by Gasteiger charge is -2.07. The molecule has 0 N–H and O–H groups in total. The molecule has 0 amide bonds. The standard InChI is InChI=1S/C14H14N4/c1-9-6-7-12(11-5-4-8-15-13(9)11)14-16-10(2)17-18(14)3/h4-8H,1-3H3. The Morgan fingerprint density at radius 3 is 2.67 bits per heavy atom. The summed E-state index contributed by atoms with van der Waals surface area (Å²) in [5, 5.41) is 5.42. The van der Waals surface area contributed by atoms with Gasteiger partial charge >= 0.3 is 0 Å². The molecule has 0 spiro atoms. The summed E-state index contributed by atoms with van der Waals surface area (Å²) in [4.78, 5) is 8.93. The maximum Gasteiger partial charge on any atom is 0.158 e. The van der Waals surface area contributed by atoms with Crippen LogP contribution in [0.25, 0.3) is 22.3 Å². The lowest BCUT2D eigenvalue weighted by molar-refractivity contribution is 0.764. The fourth-order valence-corrected chi connectivity index (χ4v) is 2.26. The summed E-state index contributed by atoms with van der Waals surface area (Å²) < 4.78 is 1.81. The van der Waals surface area contributed by atoms with Crippen LogP contribution in [-0.2, 0) is 7.05 Å². The number of hydrogen-bond donors (Lipinski definition) is 0. The number of hydrogen-bond acceptors (Lipinski definition) is 3. The van der Waals surface area contributed by atoms with Gasteiger partial charge < -0.3 is 0 Å². The number of rotatable bonds is 1. The summed E-state index contributed by atoms with van der Waals surface area (Å²) in [6.07, 6.45) is 1.82. The summed E-state index contributed by atoms with van der Waals surface area (Å²) in [7, 11) is 1.91. The zero-order valence-electron chi connectivity index (χ0n) is 10.7. The highest BCUT2D eigenvalue weighted by Crippen LogP contribution is 2.27. The summed E-state index contributed by atoms with van der Waals surface area (Å²) in [6, 6.07) is 8.20. The van der Waals surface area contributed by atoms with Crippen LogP contribution in [0.3, 0.4) is 0 Å². The first-order valence-electron chi connectivity index (χ1n) is 5.89. The molecule has 0 aliphatic carbocycles. The van der Waals surface area contributed by atoms with E-state index in [1.807, 2.05) is 30.9 Å². The van der Waals surface area contributed by atoms with Crippen LogP contribution < -0.4 is 0 Å². The van der Waals surface area contributed by atoms with E-state index >= 15 is 0 Å². The van der Waals surface area contributed by atoms with Crippen molar-refractivity contribution >= 4 is 10.9 Å². The Labute approximate surface area is 105 Å². The summed E-state index contributed by atoms with van der Waals surface area (Å²) in [5.74, 6) is 1.66. The van der Waals surface area contributed by atoms with E-state index in [0.717, 1.165) is 28.1 Å². The Balaban J connectivity index is 2.37. The van der Waals surface area contributed by atoms with E-state index in [-0.39, 0.29) is 0 Å². The van der Waals surface area contributed by atoms with Crippen LogP contribution in [0.1, 0.15) is 11.4 Å². The van der Waals surface area contributed by atoms with Crippen LogP contribution in [-0.4, -0.2) is 19.7 Å². The van der Waals surface area contributed by atoms with Crippen molar-refractivity contribution in [1.29, 1.82) is 0 Å². The molecule has 2 heterocycles. The van der Waals surface area contributed by atoms with Crippen LogP contribution in [0, 0.1) is 13.8 Å². The second-order valence-corrected chi connectivity index (χ2v) is 4.44. The average Bonchev–Trinajstić information content (AvgIpc) is 2.69. The minimum absolute atomic E-state index is 0.783. The van der Waals surface area contributed by atoms with Crippen molar-refractivity contribution in [3.8, 4) is 11.4 Å². The van der Waals surface area contributed by atoms with Crippen molar-refractivity contribution in [3.05, 3.63) is 41.9 Å². The van der Waals surface area contributed by atoms with Crippen molar-refractivity contribution in [3.63, 3.8) is 0 Å². The molecule has 1 aromatic carbocycles. The second kappa shape index (κ2) is 3.91. The fraction of sp³-hybridized carbons (Fsp3) is 0.214. The van der Waals surface area contributed by atoms with E-state index in [9.17, 15) is 0 Å². The molecule has 0 aliphatic heterocycles. The molecule has 4 nitrogen and oxygen atoms in total. The lowest BCUT2D eigenvalue weighted by Crippen LogP contribution is -1.96. The third-order valence-corrected chi connectivity index (χ3v) is 3.08. The molecule has 0 unspecified atom stereocenters. The van der Waals surface area contributed by atoms with Crippen molar-refractivity contribution in [2.45, 2.75) is 13.8 Å². The quantitative estimate of drug-likeness (QED) is 0.654. The van der Waals surface area contributed by atoms with Crippen molar-refractivity contribution in [1.82, 2.24) is 19.7 Å². The first kappa shape index (κ1) is 10.9. The molecule has 4 heteroatoms. The van der Waals surface area contributed by atoms with Gasteiger partial charge in [-0.3, -0.25) is 4.98 Å². The number of benzene rings is 1. The molecule has 90 valence electrons. The number of aromatic nitrogens is 4. The molecule has 3 aromatic rings. The van der Waals surface area contributed by atoms with Gasteiger partial charge in [0.15, 0.2) is 5.82 Å². The van der Waals surface area contributed by atoms with Crippen LogP contribution in [0.4, 0.5) is 0 Å². The molecule has 0 atom stereocenters. The molecule has 0 radical (unpaired) electrons. The van der Waals surface area contributed by atoms with E-state index in [1.54, 1.807) is 0 Å². The lowest BCUT2D eigenvalue weighted by atomic mass is 10.0. The first-order chi connectivity index (χ1) is 8.66. The third-order valence-electron chi connectivity index (χ3n) is 3.08. The number of pyridine rings is 1. The molecule has 18 heavy (non-hydrogen) atoms. The van der Waals surface area contributed by atoms with E-state index < -0.39 is 0 Å². The topological polar surface area (TPSA) is 43.6 Å². The van der Waals surface area contributed by atoms with Gasteiger partial charge in [-0.1, -0.05) is 18.2 Å². The second-order valence-electron chi connectivity index (χ2n) is 4.44. The normalized spacial score (nSPS) is 11.1. The number of nitrogens with zero attached hydrogens (tertiary/aromatic N) is 4. The molecular weight excluding hydrogens is 224 g/mol. The predicted octanol–water partition coefficient (Wildman–Crippen LogP) is 2.65. The molecule has 2 aromatic heterocycles. The highest BCUT2D eigenvalue weighted by Gasteiger charge is 2.11. The zero-order chi connectivity index (χ0) is 12.7. The van der Waals surface area contributed by atoms with Crippen LogP contribution >= 0.6 is 0 Å². The monoisotopic (exact) mass is 238 g/mol. The van der Waals surface area contributed by atoms with Gasteiger partial charge in [0.1, 0.15) is 5.82 Å². The Hall–Kier alpha value is -2.23. The van der Waals surface area contributed by atoms with Crippen LogP contribution in [0.2, 0.25) is 0 Å². The van der Waals surface area contributed by atoms with Crippen molar-refractivity contribution < 1.29 is 0 Å². The third kappa shape index (κ3) is 1.57. The van der Waals surface area contributed by atoms with Gasteiger partial charge in [-0.25, -0.2) is 9.67 Å². The van der Waals surface area contributed by atoms with Crippen molar-refractivity contribution in [2.75, 3.05) is 0 Å². The van der Waals surface area contributed by atoms with Gasteiger partial charge in [0.05, 0.1) is 5.52 Å². The van der Waals surface area contributed by atoms with Gasteiger partial charge in [-0.15, -0.1) is 0 Å². The summed E-state index contributed by atoms with van der Waals surface area (Å²) in [6.45, 7) is 3.97. The molecule has 0 saturated heterocycles. The Morgan fingerprint density at radius 1 is 1.11 bits per heavy atom. The largest absolute Gasteiger partial charge is 0.256 e. The Morgan fingerprint density at radius 2 is 1.94 bits per heavy atom. The molecular formula is C14H14N4. The van der Waals surface area contributed by atoms with E-state index in [2.05, 4.69) is 40.2 Å². The first-order valence-corrected chi connectivity index (χ1v) is 5.89. The summed E-state index contributed by atoms with van der Waals surface area (Å²) in [5.41, 5.74) is 3.27. The van der Waals surface area contributed by atoms with E-state index in [1.165, 1.54) is 5.56 Å². The Kier molecular flexibility index (Phi) is 2.37. The van der Waals surface area contributed by atoms with Gasteiger partial charge in [0.2, 0.25) is 0 Å². The minimum atomic E-state index is 0.783. The average molecular weight is 238 g/mol. The zero-order valence-corrected chi connectivity index (χ0v) is 10.7. The highest BCUT2D eigenvalue weighted by molar-refractivity contribution is 5.94. The number of aryl methyl sites for hydroxylation is 3. The van der Waals surface area contributed by atoms with Gasteiger partial charge in [-0.2, -0.15) is 5.10 Å². The molecule has 0 bridgehead atoms. The van der Waals surface area contributed by atoms with Crippen molar-refractivity contribution in [2.24, 2.45) is 7.05 Å². The molecule has 0 aliphatic rings. The predicted molar refractivity (Wildman–Crippen MR) is 71.2 cm³/mol. The minimum Gasteiger partial charge on any atom is -0.256 e. The van der Waals surface area contributed by atoms with E-state index in [4.69, 9.17) is 0 Å². The Bertz CT molecular complexity index is 728.